The molecule has 0 saturated heterocycles. The third kappa shape index (κ3) is 3.91. The van der Waals surface area contributed by atoms with Crippen LogP contribution in [0.1, 0.15) is 51.2 Å². The molecule has 1 aromatic carbocycles. The minimum Gasteiger partial charge on any atom is -0.444 e. The first-order valence-corrected chi connectivity index (χ1v) is 7.95. The lowest BCUT2D eigenvalue weighted by molar-refractivity contribution is -0.138. The molecule has 5 heteroatoms. The number of ketones is 1. The van der Waals surface area contributed by atoms with E-state index in [4.69, 9.17) is 4.74 Å². The molecule has 1 saturated carbocycles. The second kappa shape index (κ2) is 6.32. The van der Waals surface area contributed by atoms with E-state index in [0.717, 1.165) is 5.56 Å². The fraction of sp³-hybridized carbons (Fsp3) is 0.556. The van der Waals surface area contributed by atoms with Crippen molar-refractivity contribution in [3.63, 3.8) is 0 Å². The average molecular weight is 319 g/mol. The Morgan fingerprint density at radius 3 is 2.48 bits per heavy atom. The molecule has 5 nitrogen and oxygen atoms in total. The van der Waals surface area contributed by atoms with Crippen molar-refractivity contribution >= 4 is 11.9 Å². The van der Waals surface area contributed by atoms with E-state index in [0.29, 0.717) is 24.8 Å². The Morgan fingerprint density at radius 2 is 1.91 bits per heavy atom. The molecule has 1 aliphatic rings. The maximum atomic E-state index is 12.7. The summed E-state index contributed by atoms with van der Waals surface area (Å²) in [5.41, 5.74) is -0.148. The first kappa shape index (κ1) is 17.5. The van der Waals surface area contributed by atoms with Crippen LogP contribution in [0.3, 0.4) is 0 Å². The summed E-state index contributed by atoms with van der Waals surface area (Å²) >= 11 is 0. The highest BCUT2D eigenvalue weighted by Gasteiger charge is 2.47. The van der Waals surface area contributed by atoms with Gasteiger partial charge in [-0.15, -0.1) is 0 Å². The highest BCUT2D eigenvalue weighted by atomic mass is 16.6. The van der Waals surface area contributed by atoms with Crippen LogP contribution in [-0.4, -0.2) is 28.7 Å². The first-order valence-electron chi connectivity index (χ1n) is 7.95. The molecule has 1 aliphatic carbocycles. The van der Waals surface area contributed by atoms with E-state index >= 15 is 0 Å². The summed E-state index contributed by atoms with van der Waals surface area (Å²) in [6, 6.07) is 7.43. The Morgan fingerprint density at radius 1 is 1.30 bits per heavy atom. The number of hydrogen-bond donors (Lipinski definition) is 2. The molecule has 126 valence electrons. The Balaban J connectivity index is 2.37. The van der Waals surface area contributed by atoms with Gasteiger partial charge in [0.25, 0.3) is 0 Å². The fourth-order valence-electron chi connectivity index (χ4n) is 2.90. The molecule has 1 amide bonds. The SMILES string of the molecule is Cc1ccc([C@]2(NC(=O)OC(C)(C)C)CCC[C@@H](O)C2=O)cc1. The normalized spacial score (nSPS) is 25.1. The van der Waals surface area contributed by atoms with E-state index in [2.05, 4.69) is 5.32 Å². The predicted octanol–water partition coefficient (Wildman–Crippen LogP) is 2.83. The summed E-state index contributed by atoms with van der Waals surface area (Å²) in [5, 5.41) is 12.8. The van der Waals surface area contributed by atoms with Crippen LogP contribution in [0.4, 0.5) is 4.79 Å². The van der Waals surface area contributed by atoms with Gasteiger partial charge in [-0.1, -0.05) is 29.8 Å². The van der Waals surface area contributed by atoms with Gasteiger partial charge in [0.05, 0.1) is 0 Å². The lowest BCUT2D eigenvalue weighted by Gasteiger charge is -2.39. The number of carbonyl (C=O) groups excluding carboxylic acids is 2. The number of carbonyl (C=O) groups is 2. The molecule has 2 atom stereocenters. The molecule has 0 bridgehead atoms. The van der Waals surface area contributed by atoms with Crippen molar-refractivity contribution in [3.8, 4) is 0 Å². The zero-order valence-corrected chi connectivity index (χ0v) is 14.2. The van der Waals surface area contributed by atoms with Crippen LogP contribution in [0.5, 0.6) is 0 Å². The number of Topliss-reactive ketones (excluding diaryl/α,β-unsaturated/α-hetero) is 1. The maximum absolute atomic E-state index is 12.7. The molecule has 2 rings (SSSR count). The highest BCUT2D eigenvalue weighted by molar-refractivity contribution is 5.96. The largest absolute Gasteiger partial charge is 0.444 e. The topological polar surface area (TPSA) is 75.6 Å². The average Bonchev–Trinajstić information content (AvgIpc) is 2.42. The van der Waals surface area contributed by atoms with Gasteiger partial charge in [-0.25, -0.2) is 4.79 Å². The summed E-state index contributed by atoms with van der Waals surface area (Å²) in [4.78, 5) is 25.0. The molecule has 0 aromatic heterocycles. The van der Waals surface area contributed by atoms with E-state index in [1.807, 2.05) is 31.2 Å². The zero-order chi connectivity index (χ0) is 17.3. The van der Waals surface area contributed by atoms with Crippen LogP contribution in [0.2, 0.25) is 0 Å². The standard InChI is InChI=1S/C18H25NO4/c1-12-7-9-13(10-8-12)18(11-5-6-14(20)15(18)21)19-16(22)23-17(2,3)4/h7-10,14,20H,5-6,11H2,1-4H3,(H,19,22)/t14-,18-/m1/s1. The Kier molecular flexibility index (Phi) is 4.80. The quantitative estimate of drug-likeness (QED) is 0.879. The zero-order valence-electron chi connectivity index (χ0n) is 14.2. The minimum absolute atomic E-state index is 0.376. The van der Waals surface area contributed by atoms with Crippen LogP contribution >= 0.6 is 0 Å². The number of benzene rings is 1. The van der Waals surface area contributed by atoms with Crippen molar-refractivity contribution in [2.45, 2.75) is 64.2 Å². The van der Waals surface area contributed by atoms with Crippen molar-refractivity contribution in [2.24, 2.45) is 0 Å². The number of hydrogen-bond acceptors (Lipinski definition) is 4. The fourth-order valence-corrected chi connectivity index (χ4v) is 2.90. The Labute approximate surface area is 137 Å². The van der Waals surface area contributed by atoms with E-state index < -0.39 is 23.3 Å². The molecule has 1 fully saturated rings. The van der Waals surface area contributed by atoms with Crippen LogP contribution in [0, 0.1) is 6.92 Å². The molecule has 0 radical (unpaired) electrons. The number of alkyl carbamates (subject to hydrolysis) is 1. The minimum atomic E-state index is -1.23. The number of rotatable bonds is 2. The summed E-state index contributed by atoms with van der Waals surface area (Å²) in [7, 11) is 0. The third-order valence-corrected chi connectivity index (χ3v) is 4.01. The summed E-state index contributed by atoms with van der Waals surface area (Å²) in [6.07, 6.45) is -0.204. The first-order chi connectivity index (χ1) is 10.6. The lowest BCUT2D eigenvalue weighted by Crippen LogP contribution is -2.58. The summed E-state index contributed by atoms with van der Waals surface area (Å²) in [5.74, 6) is -0.376. The van der Waals surface area contributed by atoms with Gasteiger partial charge < -0.3 is 15.2 Å². The summed E-state index contributed by atoms with van der Waals surface area (Å²) in [6.45, 7) is 7.25. The molecule has 0 spiro atoms. The van der Waals surface area contributed by atoms with Crippen molar-refractivity contribution in [2.75, 3.05) is 0 Å². The number of amides is 1. The van der Waals surface area contributed by atoms with Crippen LogP contribution < -0.4 is 5.32 Å². The molecule has 0 aliphatic heterocycles. The van der Waals surface area contributed by atoms with E-state index in [9.17, 15) is 14.7 Å². The Hall–Kier alpha value is -1.88. The van der Waals surface area contributed by atoms with Crippen molar-refractivity contribution < 1.29 is 19.4 Å². The van der Waals surface area contributed by atoms with Gasteiger partial charge in [0.15, 0.2) is 5.78 Å². The second-order valence-electron chi connectivity index (χ2n) is 7.17. The van der Waals surface area contributed by atoms with Gasteiger partial charge in [-0.2, -0.15) is 0 Å². The number of nitrogens with one attached hydrogen (secondary N) is 1. The van der Waals surface area contributed by atoms with E-state index in [1.165, 1.54) is 0 Å². The van der Waals surface area contributed by atoms with Gasteiger partial charge >= 0.3 is 6.09 Å². The Bertz CT molecular complexity index is 588. The van der Waals surface area contributed by atoms with E-state index in [-0.39, 0.29) is 5.78 Å². The molecule has 0 heterocycles. The molecular weight excluding hydrogens is 294 g/mol. The molecule has 23 heavy (non-hydrogen) atoms. The van der Waals surface area contributed by atoms with Crippen LogP contribution in [0.15, 0.2) is 24.3 Å². The van der Waals surface area contributed by atoms with Gasteiger partial charge in [-0.3, -0.25) is 4.79 Å². The lowest BCUT2D eigenvalue weighted by atomic mass is 9.74. The monoisotopic (exact) mass is 319 g/mol. The number of ether oxygens (including phenoxy) is 1. The van der Waals surface area contributed by atoms with Gasteiger partial charge in [0.2, 0.25) is 0 Å². The molecule has 2 N–H and O–H groups in total. The smallest absolute Gasteiger partial charge is 0.408 e. The number of aryl methyl sites for hydroxylation is 1. The molecule has 0 unspecified atom stereocenters. The van der Waals surface area contributed by atoms with Crippen LogP contribution in [0.25, 0.3) is 0 Å². The maximum Gasteiger partial charge on any atom is 0.408 e. The number of aliphatic hydroxyl groups is 1. The molecular formula is C18H25NO4. The predicted molar refractivity (Wildman–Crippen MR) is 87.1 cm³/mol. The van der Waals surface area contributed by atoms with Gasteiger partial charge in [0.1, 0.15) is 17.2 Å². The van der Waals surface area contributed by atoms with Crippen molar-refractivity contribution in [1.29, 1.82) is 0 Å². The van der Waals surface area contributed by atoms with Gasteiger partial charge in [0, 0.05) is 0 Å². The highest BCUT2D eigenvalue weighted by Crippen LogP contribution is 2.35. The number of aliphatic hydroxyl groups excluding tert-OH is 1. The van der Waals surface area contributed by atoms with Crippen molar-refractivity contribution in [3.05, 3.63) is 35.4 Å². The van der Waals surface area contributed by atoms with Crippen molar-refractivity contribution in [1.82, 2.24) is 5.32 Å². The molecule has 1 aromatic rings. The summed E-state index contributed by atoms with van der Waals surface area (Å²) < 4.78 is 5.31. The second-order valence-corrected chi connectivity index (χ2v) is 7.17. The third-order valence-electron chi connectivity index (χ3n) is 4.01. The van der Waals surface area contributed by atoms with Gasteiger partial charge in [-0.05, 0) is 52.5 Å². The van der Waals surface area contributed by atoms with E-state index in [1.54, 1.807) is 20.8 Å². The van der Waals surface area contributed by atoms with Crippen LogP contribution in [-0.2, 0) is 15.1 Å².